The summed E-state index contributed by atoms with van der Waals surface area (Å²) in [5.41, 5.74) is 0.0635. The zero-order valence-corrected chi connectivity index (χ0v) is 14.6. The molecule has 1 unspecified atom stereocenters. The van der Waals surface area contributed by atoms with Crippen LogP contribution in [0.5, 0.6) is 0 Å². The van der Waals surface area contributed by atoms with Crippen molar-refractivity contribution in [1.82, 2.24) is 5.32 Å². The highest BCUT2D eigenvalue weighted by Gasteiger charge is 2.36. The smallest absolute Gasteiger partial charge is 0.312 e. The Morgan fingerprint density at radius 3 is 2.92 bits per heavy atom. The van der Waals surface area contributed by atoms with Crippen LogP contribution in [0, 0.1) is 5.82 Å². The summed E-state index contributed by atoms with van der Waals surface area (Å²) in [7, 11) is 1.24. The molecule has 1 aromatic carbocycles. The SMILES string of the molecule is COC(=O)C[C@@H]1C(=O)NCC[NH+]1CC(=O)Nc1ccc(Br)cc1F. The van der Waals surface area contributed by atoms with Crippen LogP contribution in [0.2, 0.25) is 0 Å². The van der Waals surface area contributed by atoms with E-state index in [-0.39, 0.29) is 24.6 Å². The molecule has 9 heteroatoms. The van der Waals surface area contributed by atoms with Crippen molar-refractivity contribution in [3.05, 3.63) is 28.5 Å². The minimum absolute atomic E-state index is 0.0510. The van der Waals surface area contributed by atoms with Crippen LogP contribution in [-0.4, -0.2) is 50.6 Å². The average Bonchev–Trinajstić information content (AvgIpc) is 2.53. The van der Waals surface area contributed by atoms with Gasteiger partial charge in [-0.2, -0.15) is 0 Å². The van der Waals surface area contributed by atoms with E-state index in [4.69, 9.17) is 0 Å². The molecule has 0 bridgehead atoms. The summed E-state index contributed by atoms with van der Waals surface area (Å²) < 4.78 is 18.9. The molecular formula is C15H18BrFN3O4+. The molecule has 0 saturated carbocycles. The maximum atomic E-state index is 13.8. The first-order chi connectivity index (χ1) is 11.4. The summed E-state index contributed by atoms with van der Waals surface area (Å²) >= 11 is 3.14. The highest BCUT2D eigenvalue weighted by atomic mass is 79.9. The molecule has 0 aromatic heterocycles. The second-order valence-corrected chi connectivity index (χ2v) is 6.30. The summed E-state index contributed by atoms with van der Waals surface area (Å²) in [6, 6.07) is 3.60. The Bertz CT molecular complexity index is 656. The number of nitrogens with one attached hydrogen (secondary N) is 3. The van der Waals surface area contributed by atoms with Crippen molar-refractivity contribution < 1.29 is 28.4 Å². The van der Waals surface area contributed by atoms with E-state index in [9.17, 15) is 18.8 Å². The van der Waals surface area contributed by atoms with Gasteiger partial charge in [-0.3, -0.25) is 14.4 Å². The lowest BCUT2D eigenvalue weighted by atomic mass is 10.1. The number of piperazine rings is 1. The number of halogens is 2. The topological polar surface area (TPSA) is 88.9 Å². The molecular weight excluding hydrogens is 385 g/mol. The van der Waals surface area contributed by atoms with E-state index >= 15 is 0 Å². The highest BCUT2D eigenvalue weighted by Crippen LogP contribution is 2.19. The van der Waals surface area contributed by atoms with Crippen molar-refractivity contribution in [2.24, 2.45) is 0 Å². The van der Waals surface area contributed by atoms with Crippen LogP contribution in [-0.2, 0) is 19.1 Å². The maximum Gasteiger partial charge on any atom is 0.312 e. The van der Waals surface area contributed by atoms with E-state index in [1.165, 1.54) is 19.2 Å². The van der Waals surface area contributed by atoms with E-state index in [0.29, 0.717) is 22.5 Å². The molecule has 7 nitrogen and oxygen atoms in total. The normalized spacial score (nSPS) is 20.2. The quantitative estimate of drug-likeness (QED) is 0.577. The maximum absolute atomic E-state index is 13.8. The third-order valence-electron chi connectivity index (χ3n) is 3.75. The first-order valence-corrected chi connectivity index (χ1v) is 8.14. The molecule has 3 N–H and O–H groups in total. The van der Waals surface area contributed by atoms with E-state index in [0.717, 1.165) is 0 Å². The number of hydrogen-bond donors (Lipinski definition) is 3. The predicted octanol–water partition coefficient (Wildman–Crippen LogP) is -0.527. The molecule has 1 aliphatic heterocycles. The summed E-state index contributed by atoms with van der Waals surface area (Å²) in [4.78, 5) is 36.2. The van der Waals surface area contributed by atoms with Crippen LogP contribution < -0.4 is 15.5 Å². The van der Waals surface area contributed by atoms with E-state index in [1.54, 1.807) is 6.07 Å². The molecule has 24 heavy (non-hydrogen) atoms. The van der Waals surface area contributed by atoms with Crippen LogP contribution in [0.15, 0.2) is 22.7 Å². The van der Waals surface area contributed by atoms with Gasteiger partial charge in [0.25, 0.3) is 11.8 Å². The zero-order valence-electron chi connectivity index (χ0n) is 13.0. The van der Waals surface area contributed by atoms with Gasteiger partial charge in [-0.25, -0.2) is 4.39 Å². The predicted molar refractivity (Wildman–Crippen MR) is 86.9 cm³/mol. The molecule has 0 aliphatic carbocycles. The number of anilines is 1. The average molecular weight is 403 g/mol. The number of hydrogen-bond acceptors (Lipinski definition) is 4. The number of rotatable bonds is 5. The van der Waals surface area contributed by atoms with Crippen molar-refractivity contribution >= 4 is 39.4 Å². The minimum Gasteiger partial charge on any atom is -0.469 e. The molecule has 1 aromatic rings. The second-order valence-electron chi connectivity index (χ2n) is 5.38. The van der Waals surface area contributed by atoms with Gasteiger partial charge in [0.1, 0.15) is 12.2 Å². The largest absolute Gasteiger partial charge is 0.469 e. The van der Waals surface area contributed by atoms with Crippen LogP contribution in [0.4, 0.5) is 10.1 Å². The van der Waals surface area contributed by atoms with Gasteiger partial charge in [0.15, 0.2) is 12.6 Å². The third-order valence-corrected chi connectivity index (χ3v) is 4.24. The van der Waals surface area contributed by atoms with Crippen molar-refractivity contribution in [2.75, 3.05) is 32.1 Å². The standard InChI is InChI=1S/C15H17BrFN3O4/c1-24-14(22)7-12-15(23)18-4-5-20(12)8-13(21)19-11-3-2-9(16)6-10(11)17/h2-3,6,12H,4-5,7-8H2,1H3,(H,18,23)(H,19,21)/p+1/t12-/m1/s1. The van der Waals surface area contributed by atoms with Crippen molar-refractivity contribution in [3.8, 4) is 0 Å². The molecule has 2 atom stereocenters. The molecule has 1 saturated heterocycles. The Balaban J connectivity index is 2.02. The van der Waals surface area contributed by atoms with Gasteiger partial charge in [0, 0.05) is 4.47 Å². The first-order valence-electron chi connectivity index (χ1n) is 7.34. The van der Waals surface area contributed by atoms with Gasteiger partial charge in [-0.15, -0.1) is 0 Å². The molecule has 130 valence electrons. The van der Waals surface area contributed by atoms with Crippen molar-refractivity contribution in [3.63, 3.8) is 0 Å². The molecule has 2 amide bonds. The number of carbonyl (C=O) groups excluding carboxylic acids is 3. The Labute approximate surface area is 146 Å². The lowest BCUT2D eigenvalue weighted by molar-refractivity contribution is -0.909. The lowest BCUT2D eigenvalue weighted by Gasteiger charge is -2.30. The molecule has 1 heterocycles. The van der Waals surface area contributed by atoms with Gasteiger partial charge < -0.3 is 20.3 Å². The summed E-state index contributed by atoms with van der Waals surface area (Å²) in [5.74, 6) is -1.82. The van der Waals surface area contributed by atoms with Crippen molar-refractivity contribution in [2.45, 2.75) is 12.5 Å². The number of ether oxygens (including phenoxy) is 1. The molecule has 1 fully saturated rings. The van der Waals surface area contributed by atoms with E-state index < -0.39 is 23.7 Å². The fourth-order valence-corrected chi connectivity index (χ4v) is 2.85. The Morgan fingerprint density at radius 1 is 1.50 bits per heavy atom. The fourth-order valence-electron chi connectivity index (χ4n) is 2.52. The third kappa shape index (κ3) is 4.75. The second kappa shape index (κ2) is 8.20. The Hall–Kier alpha value is -2.00. The number of carbonyl (C=O) groups is 3. The number of methoxy groups -OCH3 is 1. The fraction of sp³-hybridized carbons (Fsp3) is 0.400. The minimum atomic E-state index is -0.702. The van der Waals surface area contributed by atoms with Crippen LogP contribution in [0.25, 0.3) is 0 Å². The Morgan fingerprint density at radius 2 is 2.25 bits per heavy atom. The van der Waals surface area contributed by atoms with Gasteiger partial charge in [0.2, 0.25) is 0 Å². The van der Waals surface area contributed by atoms with Gasteiger partial charge in [0.05, 0.1) is 25.9 Å². The van der Waals surface area contributed by atoms with Crippen LogP contribution in [0.3, 0.4) is 0 Å². The molecule has 2 rings (SSSR count). The van der Waals surface area contributed by atoms with Crippen LogP contribution >= 0.6 is 15.9 Å². The van der Waals surface area contributed by atoms with Gasteiger partial charge in [-0.05, 0) is 18.2 Å². The van der Waals surface area contributed by atoms with Gasteiger partial charge in [-0.1, -0.05) is 15.9 Å². The molecule has 0 spiro atoms. The zero-order chi connectivity index (χ0) is 17.7. The van der Waals surface area contributed by atoms with E-state index in [1.807, 2.05) is 0 Å². The lowest BCUT2D eigenvalue weighted by Crippen LogP contribution is -3.20. The number of benzene rings is 1. The van der Waals surface area contributed by atoms with E-state index in [2.05, 4.69) is 31.3 Å². The van der Waals surface area contributed by atoms with Crippen LogP contribution in [0.1, 0.15) is 6.42 Å². The summed E-state index contributed by atoms with van der Waals surface area (Å²) in [6.07, 6.45) is -0.114. The van der Waals surface area contributed by atoms with Gasteiger partial charge >= 0.3 is 5.97 Å². The molecule has 1 aliphatic rings. The number of quaternary nitrogens is 1. The number of amides is 2. The monoisotopic (exact) mass is 402 g/mol. The first kappa shape index (κ1) is 18.3. The summed E-state index contributed by atoms with van der Waals surface area (Å²) in [5, 5.41) is 5.15. The number of esters is 1. The molecule has 0 radical (unpaired) electrons. The Kier molecular flexibility index (Phi) is 6.27. The summed E-state index contributed by atoms with van der Waals surface area (Å²) in [6.45, 7) is 0.847. The van der Waals surface area contributed by atoms with Crippen molar-refractivity contribution in [1.29, 1.82) is 0 Å². The highest BCUT2D eigenvalue weighted by molar-refractivity contribution is 9.10.